The van der Waals surface area contributed by atoms with E-state index >= 15 is 0 Å². The summed E-state index contributed by atoms with van der Waals surface area (Å²) < 4.78 is 4.94. The van der Waals surface area contributed by atoms with Crippen LogP contribution in [0.4, 0.5) is 5.13 Å². The first-order chi connectivity index (χ1) is 11.0. The highest BCUT2D eigenvalue weighted by molar-refractivity contribution is 7.17. The van der Waals surface area contributed by atoms with E-state index in [1.54, 1.807) is 19.9 Å². The Balaban J connectivity index is 2.26. The molecule has 122 valence electrons. The van der Waals surface area contributed by atoms with Gasteiger partial charge in [0, 0.05) is 0 Å². The molecule has 2 heterocycles. The second-order valence-electron chi connectivity index (χ2n) is 4.57. The van der Waals surface area contributed by atoms with E-state index in [0.717, 1.165) is 11.3 Å². The number of nitrogens with zero attached hydrogens (tertiary/aromatic N) is 3. The van der Waals surface area contributed by atoms with Gasteiger partial charge < -0.3 is 4.74 Å². The molecule has 23 heavy (non-hydrogen) atoms. The smallest absolute Gasteiger partial charge is 0.350 e. The van der Waals surface area contributed by atoms with Crippen molar-refractivity contribution in [2.75, 3.05) is 6.61 Å². The molecule has 0 saturated heterocycles. The lowest BCUT2D eigenvalue weighted by Crippen LogP contribution is -2.42. The van der Waals surface area contributed by atoms with Crippen molar-refractivity contribution >= 4 is 51.1 Å². The molecular weight excluding hydrogens is 340 g/mol. The summed E-state index contributed by atoms with van der Waals surface area (Å²) in [5.74, 6) is -1.26. The number of aromatic nitrogens is 1. The van der Waals surface area contributed by atoms with Crippen LogP contribution >= 0.6 is 22.9 Å². The lowest BCUT2D eigenvalue weighted by Gasteiger charge is -2.18. The second-order valence-corrected chi connectivity index (χ2v) is 5.93. The van der Waals surface area contributed by atoms with Crippen molar-refractivity contribution in [3.63, 3.8) is 0 Å². The van der Waals surface area contributed by atoms with E-state index in [1.165, 1.54) is 0 Å². The molecule has 1 aliphatic rings. The van der Waals surface area contributed by atoms with E-state index in [0.29, 0.717) is 17.0 Å². The van der Waals surface area contributed by atoms with Crippen LogP contribution in [-0.2, 0) is 9.53 Å². The van der Waals surface area contributed by atoms with Gasteiger partial charge >= 0.3 is 5.97 Å². The Morgan fingerprint density at radius 1 is 1.61 bits per heavy atom. The molecule has 1 N–H and O–H groups in total. The zero-order valence-corrected chi connectivity index (χ0v) is 14.2. The molecule has 0 bridgehead atoms. The van der Waals surface area contributed by atoms with E-state index in [4.69, 9.17) is 16.3 Å². The molecule has 0 spiro atoms. The van der Waals surface area contributed by atoms with Crippen LogP contribution in [-0.4, -0.2) is 34.6 Å². The Hall–Kier alpha value is -2.06. The lowest BCUT2D eigenvalue weighted by atomic mass is 10.1. The Bertz CT molecular complexity index is 711. The Labute approximate surface area is 142 Å². The fourth-order valence-electron chi connectivity index (χ4n) is 1.84. The normalized spacial score (nSPS) is 19.3. The van der Waals surface area contributed by atoms with Gasteiger partial charge in [0.25, 0.3) is 0 Å². The number of halogens is 1. The summed E-state index contributed by atoms with van der Waals surface area (Å²) in [6.45, 7) is 7.27. The first-order valence-electron chi connectivity index (χ1n) is 6.85. The van der Waals surface area contributed by atoms with E-state index in [2.05, 4.69) is 26.9 Å². The van der Waals surface area contributed by atoms with Crippen LogP contribution in [0.1, 0.15) is 28.7 Å². The fourth-order valence-corrected chi connectivity index (χ4v) is 2.94. The largest absolute Gasteiger partial charge is 0.462 e. The molecule has 1 unspecified atom stereocenters. The molecule has 7 nitrogen and oxygen atoms in total. The number of aliphatic imine (C=N–C) groups is 2. The topological polar surface area (TPSA) is 93.0 Å². The van der Waals surface area contributed by atoms with Crippen molar-refractivity contribution < 1.29 is 14.3 Å². The van der Waals surface area contributed by atoms with Gasteiger partial charge in [-0.1, -0.05) is 29.0 Å². The maximum Gasteiger partial charge on any atom is 0.350 e. The van der Waals surface area contributed by atoms with Gasteiger partial charge in [-0.05, 0) is 20.3 Å². The van der Waals surface area contributed by atoms with Gasteiger partial charge in [-0.15, -0.1) is 6.58 Å². The minimum Gasteiger partial charge on any atom is -0.462 e. The third kappa shape index (κ3) is 4.02. The van der Waals surface area contributed by atoms with Crippen molar-refractivity contribution in [2.24, 2.45) is 15.9 Å². The third-order valence-electron chi connectivity index (χ3n) is 2.90. The molecule has 9 heteroatoms. The molecular formula is C14H15ClN4O3S. The summed E-state index contributed by atoms with van der Waals surface area (Å²) >= 11 is 7.08. The summed E-state index contributed by atoms with van der Waals surface area (Å²) in [5, 5.41) is 2.99. The summed E-state index contributed by atoms with van der Waals surface area (Å²) in [4.78, 5) is 36.4. The molecule has 1 aliphatic heterocycles. The van der Waals surface area contributed by atoms with Gasteiger partial charge in [-0.3, -0.25) is 10.1 Å². The first kappa shape index (κ1) is 17.3. The van der Waals surface area contributed by atoms with Crippen LogP contribution in [0.2, 0.25) is 0 Å². The number of amides is 1. The molecule has 0 aliphatic carbocycles. The maximum atomic E-state index is 12.0. The fraction of sp³-hybridized carbons (Fsp3) is 0.357. The van der Waals surface area contributed by atoms with Crippen LogP contribution in [0, 0.1) is 12.8 Å². The predicted octanol–water partition coefficient (Wildman–Crippen LogP) is 2.58. The number of allylic oxidation sites excluding steroid dienone is 1. The van der Waals surface area contributed by atoms with E-state index in [9.17, 15) is 9.59 Å². The molecule has 1 aromatic rings. The Kier molecular flexibility index (Phi) is 5.62. The average Bonchev–Trinajstić information content (AvgIpc) is 2.84. The number of ether oxygens (including phenoxy) is 1. The monoisotopic (exact) mass is 354 g/mol. The number of hydrogen-bond acceptors (Lipinski definition) is 6. The predicted molar refractivity (Wildman–Crippen MR) is 89.6 cm³/mol. The summed E-state index contributed by atoms with van der Waals surface area (Å²) in [6, 6.07) is 0. The number of carbonyl (C=O) groups excluding carboxylic acids is 2. The highest BCUT2D eigenvalue weighted by Crippen LogP contribution is 2.26. The molecule has 1 atom stereocenters. The number of guanidine groups is 1. The Morgan fingerprint density at radius 3 is 2.96 bits per heavy atom. The van der Waals surface area contributed by atoms with E-state index in [-0.39, 0.29) is 28.8 Å². The van der Waals surface area contributed by atoms with Gasteiger partial charge in [0.1, 0.15) is 10.0 Å². The lowest BCUT2D eigenvalue weighted by molar-refractivity contribution is -0.121. The maximum absolute atomic E-state index is 12.0. The van der Waals surface area contributed by atoms with Crippen molar-refractivity contribution in [1.29, 1.82) is 0 Å². The van der Waals surface area contributed by atoms with Crippen LogP contribution in [0.3, 0.4) is 0 Å². The zero-order valence-electron chi connectivity index (χ0n) is 12.6. The van der Waals surface area contributed by atoms with Gasteiger partial charge in [0.2, 0.25) is 17.0 Å². The number of esters is 1. The summed E-state index contributed by atoms with van der Waals surface area (Å²) in [7, 11) is 0. The minimum atomic E-state index is -0.554. The number of carbonyl (C=O) groups is 2. The van der Waals surface area contributed by atoms with Gasteiger partial charge in [-0.2, -0.15) is 4.99 Å². The number of thiazole rings is 1. The Morgan fingerprint density at radius 2 is 2.35 bits per heavy atom. The number of hydrogen-bond donors (Lipinski definition) is 1. The second kappa shape index (κ2) is 7.47. The van der Waals surface area contributed by atoms with Gasteiger partial charge in [0.05, 0.1) is 18.2 Å². The highest BCUT2D eigenvalue weighted by atomic mass is 35.5. The molecule has 1 aromatic heterocycles. The highest BCUT2D eigenvalue weighted by Gasteiger charge is 2.28. The molecule has 0 aromatic carbocycles. The van der Waals surface area contributed by atoms with Crippen LogP contribution in [0.5, 0.6) is 0 Å². The van der Waals surface area contributed by atoms with Crippen molar-refractivity contribution in [3.05, 3.63) is 23.2 Å². The minimum absolute atomic E-state index is 0.0458. The number of nitrogens with one attached hydrogen (secondary N) is 1. The summed E-state index contributed by atoms with van der Waals surface area (Å²) in [6.07, 6.45) is 1.99. The van der Waals surface area contributed by atoms with Crippen LogP contribution in [0.25, 0.3) is 0 Å². The van der Waals surface area contributed by atoms with Crippen molar-refractivity contribution in [2.45, 2.75) is 20.3 Å². The van der Waals surface area contributed by atoms with E-state index in [1.807, 2.05) is 0 Å². The quantitative estimate of drug-likeness (QED) is 0.649. The third-order valence-corrected chi connectivity index (χ3v) is 4.28. The summed E-state index contributed by atoms with van der Waals surface area (Å²) in [5.41, 5.74) is 0.509. The molecule has 1 amide bonds. The van der Waals surface area contributed by atoms with E-state index < -0.39 is 11.9 Å². The number of rotatable bonds is 5. The van der Waals surface area contributed by atoms with Crippen LogP contribution in [0.15, 0.2) is 22.6 Å². The van der Waals surface area contributed by atoms with Crippen molar-refractivity contribution in [1.82, 2.24) is 10.3 Å². The van der Waals surface area contributed by atoms with Crippen molar-refractivity contribution in [3.8, 4) is 0 Å². The molecule has 2 rings (SSSR count). The van der Waals surface area contributed by atoms with Gasteiger partial charge in [0.15, 0.2) is 0 Å². The standard InChI is InChI=1S/C14H15ClN4O3S/c1-4-6-8-10(15)17-13(18-11(8)20)19-14-16-7(3)9(23-14)12(21)22-5-2/h4,8H,1,5-6H2,2-3H3,(H,16,18,19,20). The molecule has 0 saturated carbocycles. The SMILES string of the molecule is C=CCC1C(=O)NC(=Nc2nc(C)c(C(=O)OCC)s2)N=C1Cl. The first-order valence-corrected chi connectivity index (χ1v) is 8.04. The van der Waals surface area contributed by atoms with Crippen LogP contribution < -0.4 is 5.32 Å². The molecule has 0 fully saturated rings. The molecule has 0 radical (unpaired) electrons. The average molecular weight is 355 g/mol. The zero-order chi connectivity index (χ0) is 17.0. The van der Waals surface area contributed by atoms with Gasteiger partial charge in [-0.25, -0.2) is 14.8 Å². The number of aryl methyl sites for hydroxylation is 1.